The van der Waals surface area contributed by atoms with Crippen LogP contribution in [0.1, 0.15) is 15.9 Å². The van der Waals surface area contributed by atoms with Gasteiger partial charge < -0.3 is 9.84 Å². The van der Waals surface area contributed by atoms with Crippen molar-refractivity contribution >= 4 is 27.3 Å². The van der Waals surface area contributed by atoms with Gasteiger partial charge in [0.1, 0.15) is 12.4 Å². The van der Waals surface area contributed by atoms with Crippen LogP contribution in [0.3, 0.4) is 0 Å². The average Bonchev–Trinajstić information content (AvgIpc) is 3.12. The molecule has 0 saturated heterocycles. The van der Waals surface area contributed by atoms with Crippen LogP contribution >= 0.6 is 11.3 Å². The number of sulfonamides is 1. The highest BCUT2D eigenvalue weighted by Crippen LogP contribution is 2.37. The third-order valence-electron chi connectivity index (χ3n) is 3.66. The summed E-state index contributed by atoms with van der Waals surface area (Å²) >= 11 is 1.50. The fourth-order valence-corrected chi connectivity index (χ4v) is 3.92. The molecule has 3 rings (SSSR count). The zero-order valence-electron chi connectivity index (χ0n) is 13.5. The summed E-state index contributed by atoms with van der Waals surface area (Å²) in [6.07, 6.45) is 0. The quantitative estimate of drug-likeness (QED) is 0.672. The molecule has 0 aliphatic rings. The molecule has 0 fully saturated rings. The van der Waals surface area contributed by atoms with Gasteiger partial charge in [-0.2, -0.15) is 11.3 Å². The number of carboxylic acids is 1. The van der Waals surface area contributed by atoms with Crippen LogP contribution in [0.2, 0.25) is 0 Å². The first kappa shape index (κ1) is 18.1. The van der Waals surface area contributed by atoms with E-state index in [9.17, 15) is 18.3 Å². The molecule has 0 amide bonds. The molecule has 8 heteroatoms. The van der Waals surface area contributed by atoms with Crippen molar-refractivity contribution in [2.24, 2.45) is 5.14 Å². The number of hydrogen-bond donors (Lipinski definition) is 2. The Morgan fingerprint density at radius 3 is 2.46 bits per heavy atom. The molecule has 26 heavy (non-hydrogen) atoms. The SMILES string of the molecule is NS(=O)(=O)c1cc(C(=O)O)cc(OCc2ccsc2)c1-c1ccccc1. The van der Waals surface area contributed by atoms with Crippen molar-refractivity contribution in [1.82, 2.24) is 0 Å². The topological polar surface area (TPSA) is 107 Å². The molecular weight excluding hydrogens is 374 g/mol. The second-order valence-electron chi connectivity index (χ2n) is 5.48. The van der Waals surface area contributed by atoms with Crippen molar-refractivity contribution in [1.29, 1.82) is 0 Å². The number of benzene rings is 2. The van der Waals surface area contributed by atoms with Gasteiger partial charge in [-0.15, -0.1) is 0 Å². The predicted molar refractivity (Wildman–Crippen MR) is 98.9 cm³/mol. The molecule has 3 aromatic rings. The average molecular weight is 389 g/mol. The number of hydrogen-bond acceptors (Lipinski definition) is 5. The number of thiophene rings is 1. The number of rotatable bonds is 6. The normalized spacial score (nSPS) is 11.3. The Bertz CT molecular complexity index is 1030. The summed E-state index contributed by atoms with van der Waals surface area (Å²) in [5.41, 5.74) is 1.49. The maximum Gasteiger partial charge on any atom is 0.335 e. The highest BCUT2D eigenvalue weighted by Gasteiger charge is 2.23. The maximum atomic E-state index is 12.1. The summed E-state index contributed by atoms with van der Waals surface area (Å²) in [7, 11) is -4.17. The smallest absolute Gasteiger partial charge is 0.335 e. The molecule has 6 nitrogen and oxygen atoms in total. The van der Waals surface area contributed by atoms with Gasteiger partial charge in [-0.3, -0.25) is 0 Å². The molecular formula is C18H15NO5S2. The van der Waals surface area contributed by atoms with Crippen LogP contribution < -0.4 is 9.88 Å². The molecule has 134 valence electrons. The number of nitrogens with two attached hydrogens (primary N) is 1. The molecule has 0 atom stereocenters. The van der Waals surface area contributed by atoms with Crippen molar-refractivity contribution in [3.8, 4) is 16.9 Å². The van der Waals surface area contributed by atoms with Crippen LogP contribution in [-0.2, 0) is 16.6 Å². The lowest BCUT2D eigenvalue weighted by atomic mass is 10.0. The van der Waals surface area contributed by atoms with Gasteiger partial charge in [-0.1, -0.05) is 30.3 Å². The first-order valence-electron chi connectivity index (χ1n) is 7.49. The zero-order chi connectivity index (χ0) is 18.7. The van der Waals surface area contributed by atoms with E-state index in [1.807, 2.05) is 16.8 Å². The van der Waals surface area contributed by atoms with E-state index in [4.69, 9.17) is 9.88 Å². The highest BCUT2D eigenvalue weighted by molar-refractivity contribution is 7.89. The summed E-state index contributed by atoms with van der Waals surface area (Å²) < 4.78 is 30.0. The number of carbonyl (C=O) groups is 1. The van der Waals surface area contributed by atoms with Crippen molar-refractivity contribution < 1.29 is 23.1 Å². The van der Waals surface area contributed by atoms with Crippen LogP contribution in [0.15, 0.2) is 64.2 Å². The molecule has 0 radical (unpaired) electrons. The van der Waals surface area contributed by atoms with E-state index in [1.54, 1.807) is 30.3 Å². The van der Waals surface area contributed by atoms with Gasteiger partial charge in [0.25, 0.3) is 0 Å². The third-order valence-corrected chi connectivity index (χ3v) is 5.32. The Hall–Kier alpha value is -2.68. The molecule has 1 aromatic heterocycles. The van der Waals surface area contributed by atoms with Crippen LogP contribution in [-0.4, -0.2) is 19.5 Å². The second-order valence-corrected chi connectivity index (χ2v) is 7.79. The van der Waals surface area contributed by atoms with E-state index in [2.05, 4.69) is 0 Å². The summed E-state index contributed by atoms with van der Waals surface area (Å²) in [4.78, 5) is 11.1. The first-order valence-corrected chi connectivity index (χ1v) is 9.98. The van der Waals surface area contributed by atoms with Gasteiger partial charge in [-0.05, 0) is 40.1 Å². The molecule has 0 saturated carbocycles. The van der Waals surface area contributed by atoms with Crippen LogP contribution in [0.25, 0.3) is 11.1 Å². The fourth-order valence-electron chi connectivity index (χ4n) is 2.48. The largest absolute Gasteiger partial charge is 0.488 e. The van der Waals surface area contributed by atoms with Crippen LogP contribution in [0.5, 0.6) is 5.75 Å². The minimum Gasteiger partial charge on any atom is -0.488 e. The molecule has 0 bridgehead atoms. The monoisotopic (exact) mass is 389 g/mol. The molecule has 0 aliphatic heterocycles. The van der Waals surface area contributed by atoms with Gasteiger partial charge in [0, 0.05) is 5.56 Å². The third kappa shape index (κ3) is 3.93. The molecule has 0 unspecified atom stereocenters. The fraction of sp³-hybridized carbons (Fsp3) is 0.0556. The molecule has 0 aliphatic carbocycles. The zero-order valence-corrected chi connectivity index (χ0v) is 15.1. The van der Waals surface area contributed by atoms with Crippen molar-refractivity contribution in [2.45, 2.75) is 11.5 Å². The Kier molecular flexibility index (Phi) is 5.08. The Labute approximate surface area is 154 Å². The van der Waals surface area contributed by atoms with Crippen molar-refractivity contribution in [3.05, 3.63) is 70.4 Å². The van der Waals surface area contributed by atoms with E-state index in [0.717, 1.165) is 11.6 Å². The standard InChI is InChI=1S/C18H15NO5S2/c19-26(22,23)16-9-14(18(20)21)8-15(24-10-12-6-7-25-11-12)17(16)13-4-2-1-3-5-13/h1-9,11H,10H2,(H,20,21)(H2,19,22,23). The Balaban J connectivity index is 2.21. The molecule has 3 N–H and O–H groups in total. The van der Waals surface area contributed by atoms with E-state index in [-0.39, 0.29) is 28.4 Å². The van der Waals surface area contributed by atoms with Gasteiger partial charge in [0.05, 0.1) is 10.5 Å². The van der Waals surface area contributed by atoms with Crippen molar-refractivity contribution in [2.75, 3.05) is 0 Å². The van der Waals surface area contributed by atoms with Gasteiger partial charge in [0.2, 0.25) is 10.0 Å². The van der Waals surface area contributed by atoms with Gasteiger partial charge in [0.15, 0.2) is 0 Å². The lowest BCUT2D eigenvalue weighted by Gasteiger charge is -2.16. The summed E-state index contributed by atoms with van der Waals surface area (Å²) in [5, 5.41) is 18.5. The lowest BCUT2D eigenvalue weighted by molar-refractivity contribution is 0.0696. The number of primary sulfonamides is 1. The highest BCUT2D eigenvalue weighted by atomic mass is 32.2. The number of ether oxygens (including phenoxy) is 1. The second kappa shape index (κ2) is 7.28. The van der Waals surface area contributed by atoms with Gasteiger partial charge >= 0.3 is 5.97 Å². The Morgan fingerprint density at radius 2 is 1.88 bits per heavy atom. The van der Waals surface area contributed by atoms with E-state index < -0.39 is 16.0 Å². The summed E-state index contributed by atoms with van der Waals surface area (Å²) in [6.45, 7) is 0.177. The van der Waals surface area contributed by atoms with Crippen LogP contribution in [0, 0.1) is 0 Å². The predicted octanol–water partition coefficient (Wildman–Crippen LogP) is 3.34. The maximum absolute atomic E-state index is 12.1. The molecule has 0 spiro atoms. The summed E-state index contributed by atoms with van der Waals surface area (Å²) in [6, 6.07) is 12.9. The van der Waals surface area contributed by atoms with Gasteiger partial charge in [-0.25, -0.2) is 18.4 Å². The molecule has 2 aromatic carbocycles. The number of aromatic carboxylic acids is 1. The van der Waals surface area contributed by atoms with Crippen molar-refractivity contribution in [3.63, 3.8) is 0 Å². The van der Waals surface area contributed by atoms with Crippen LogP contribution in [0.4, 0.5) is 0 Å². The van der Waals surface area contributed by atoms with E-state index in [0.29, 0.717) is 5.56 Å². The first-order chi connectivity index (χ1) is 12.4. The summed E-state index contributed by atoms with van der Waals surface area (Å²) in [5.74, 6) is -1.12. The lowest BCUT2D eigenvalue weighted by Crippen LogP contribution is -2.15. The van der Waals surface area contributed by atoms with E-state index in [1.165, 1.54) is 17.4 Å². The minimum absolute atomic E-state index is 0.145. The number of carboxylic acid groups (broad SMARTS) is 1. The Morgan fingerprint density at radius 1 is 1.15 bits per heavy atom. The van der Waals surface area contributed by atoms with E-state index >= 15 is 0 Å². The molecule has 1 heterocycles. The minimum atomic E-state index is -4.17.